The van der Waals surface area contributed by atoms with Crippen LogP contribution in [0.25, 0.3) is 10.9 Å². The number of nitriles is 1. The molecule has 2 aromatic carbocycles. The third kappa shape index (κ3) is 5.98. The van der Waals surface area contributed by atoms with Crippen molar-refractivity contribution < 1.29 is 31.7 Å². The van der Waals surface area contributed by atoms with Crippen LogP contribution in [-0.4, -0.2) is 42.9 Å². The van der Waals surface area contributed by atoms with Crippen LogP contribution in [-0.2, 0) is 4.79 Å². The average molecular weight is 481 g/mol. The first-order valence-electron chi connectivity index (χ1n) is 15.7. The molecule has 33 heavy (non-hydrogen) atoms. The van der Waals surface area contributed by atoms with Crippen molar-refractivity contribution in [1.82, 2.24) is 9.88 Å². The molecule has 3 rings (SSSR count). The van der Waals surface area contributed by atoms with E-state index in [1.54, 1.807) is 6.07 Å². The molecule has 9 heteroatoms. The number of aromatic nitrogens is 1. The fourth-order valence-electron chi connectivity index (χ4n) is 2.51. The molecule has 0 saturated heterocycles. The van der Waals surface area contributed by atoms with Crippen LogP contribution in [0.4, 0.5) is 21.5 Å². The molecule has 170 valence electrons. The van der Waals surface area contributed by atoms with Crippen molar-refractivity contribution >= 4 is 45.5 Å². The first kappa shape index (κ1) is 12.0. The Morgan fingerprint density at radius 1 is 1.45 bits per heavy atom. The third-order valence-electron chi connectivity index (χ3n) is 3.85. The van der Waals surface area contributed by atoms with E-state index < -0.39 is 119 Å². The van der Waals surface area contributed by atoms with E-state index in [4.69, 9.17) is 34.2 Å². The van der Waals surface area contributed by atoms with Crippen molar-refractivity contribution in [3.05, 3.63) is 64.9 Å². The molecule has 7 nitrogen and oxygen atoms in total. The number of pyridine rings is 1. The van der Waals surface area contributed by atoms with Crippen molar-refractivity contribution in [1.29, 1.82) is 5.26 Å². The predicted molar refractivity (Wildman–Crippen MR) is 129 cm³/mol. The van der Waals surface area contributed by atoms with Crippen LogP contribution in [0.15, 0.2) is 48.5 Å². The second kappa shape index (κ2) is 10.8. The van der Waals surface area contributed by atoms with Gasteiger partial charge in [0.1, 0.15) is 17.6 Å². The van der Waals surface area contributed by atoms with Gasteiger partial charge < -0.3 is 20.3 Å². The minimum atomic E-state index is -3.10. The molecular formula is C24H23ClFN5O2. The number of fused-ring (bicyclic) bond motifs is 1. The first-order valence-corrected chi connectivity index (χ1v) is 9.54. The number of likely N-dealkylation sites (N-methyl/N-ethyl adjacent to an activating group) is 1. The summed E-state index contributed by atoms with van der Waals surface area (Å²) in [6.45, 7) is -5.69. The number of halogens is 2. The molecule has 1 heterocycles. The number of carbonyl (C=O) groups is 1. The van der Waals surface area contributed by atoms with E-state index in [2.05, 4.69) is 15.6 Å². The molecule has 1 amide bonds. The van der Waals surface area contributed by atoms with Gasteiger partial charge in [-0.05, 0) is 45.0 Å². The van der Waals surface area contributed by atoms with Gasteiger partial charge in [-0.3, -0.25) is 9.78 Å². The summed E-state index contributed by atoms with van der Waals surface area (Å²) < 4.78 is 122. The standard InChI is InChI=1S/C24H23ClFN5O2/c1-4-33-22-12-20-17(11-21(22)30-23(32)6-5-9-31(2)3)24(15(13-27)14-28-20)29-16-7-8-19(26)18(25)10-16/h5-8,10-12,14H,4,9H2,1-3H3,(H,28,29)(H,30,32)/b6-5+/i2D3,3D3,6D,7D,8D,10D,11D,12D,14D. The maximum atomic E-state index is 14.3. The Kier molecular flexibility index (Phi) is 3.91. The minimum Gasteiger partial charge on any atom is -0.492 e. The summed E-state index contributed by atoms with van der Waals surface area (Å²) in [5, 5.41) is 13.3. The highest BCUT2D eigenvalue weighted by atomic mass is 35.5. The Balaban J connectivity index is 2.28. The quantitative estimate of drug-likeness (QED) is 0.436. The van der Waals surface area contributed by atoms with Crippen LogP contribution in [0.2, 0.25) is 5.02 Å². The molecule has 0 aliphatic heterocycles. The van der Waals surface area contributed by atoms with Gasteiger partial charge in [-0.2, -0.15) is 5.26 Å². The van der Waals surface area contributed by atoms with E-state index in [-0.39, 0.29) is 11.5 Å². The molecular weight excluding hydrogens is 445 g/mol. The number of rotatable bonds is 8. The van der Waals surface area contributed by atoms with Crippen molar-refractivity contribution in [2.75, 3.05) is 37.7 Å². The number of nitrogens with zero attached hydrogens (tertiary/aromatic N) is 3. The summed E-state index contributed by atoms with van der Waals surface area (Å²) >= 11 is 5.83. The van der Waals surface area contributed by atoms with Crippen LogP contribution in [0.3, 0.4) is 0 Å². The molecule has 0 atom stereocenters. The van der Waals surface area contributed by atoms with Crippen LogP contribution in [0.1, 0.15) is 30.3 Å². The van der Waals surface area contributed by atoms with Crippen LogP contribution in [0, 0.1) is 17.1 Å². The Bertz CT molecular complexity index is 1770. The van der Waals surface area contributed by atoms with E-state index in [9.17, 15) is 14.4 Å². The summed E-state index contributed by atoms with van der Waals surface area (Å²) in [4.78, 5) is 17.0. The van der Waals surface area contributed by atoms with Crippen molar-refractivity contribution in [3.8, 4) is 11.8 Å². The molecule has 0 fully saturated rings. The lowest BCUT2D eigenvalue weighted by atomic mass is 10.1. The van der Waals surface area contributed by atoms with E-state index >= 15 is 0 Å². The smallest absolute Gasteiger partial charge is 0.248 e. The number of hydrogen-bond acceptors (Lipinski definition) is 6. The van der Waals surface area contributed by atoms with Gasteiger partial charge in [-0.25, -0.2) is 4.39 Å². The Morgan fingerprint density at radius 2 is 2.27 bits per heavy atom. The number of amides is 1. The fraction of sp³-hybridized carbons (Fsp3) is 0.208. The lowest BCUT2D eigenvalue weighted by Gasteiger charge is -2.16. The Morgan fingerprint density at radius 3 is 3.00 bits per heavy atom. The predicted octanol–water partition coefficient (Wildman–Crippen LogP) is 5.10. The van der Waals surface area contributed by atoms with Gasteiger partial charge >= 0.3 is 0 Å². The summed E-state index contributed by atoms with van der Waals surface area (Å²) in [5.41, 5.74) is -2.60. The number of benzene rings is 2. The molecule has 0 unspecified atom stereocenters. The van der Waals surface area contributed by atoms with E-state index in [0.717, 1.165) is 0 Å². The van der Waals surface area contributed by atoms with Gasteiger partial charge in [-0.15, -0.1) is 0 Å². The Labute approximate surface area is 214 Å². The first-order chi connectivity index (χ1) is 21.2. The van der Waals surface area contributed by atoms with E-state index in [1.807, 2.05) is 0 Å². The lowest BCUT2D eigenvalue weighted by molar-refractivity contribution is -0.111. The second-order valence-electron chi connectivity index (χ2n) is 6.11. The second-order valence-corrected chi connectivity index (χ2v) is 6.49. The van der Waals surface area contributed by atoms with Gasteiger partial charge in [0.25, 0.3) is 0 Å². The van der Waals surface area contributed by atoms with Gasteiger partial charge in [-0.1, -0.05) is 17.7 Å². The molecule has 2 N–H and O–H groups in total. The summed E-state index contributed by atoms with van der Waals surface area (Å²) in [6.07, 6.45) is -0.0102. The number of hydrogen-bond donors (Lipinski definition) is 2. The molecule has 0 saturated carbocycles. The zero-order valence-electron chi connectivity index (χ0n) is 29.9. The largest absolute Gasteiger partial charge is 0.492 e. The van der Waals surface area contributed by atoms with Crippen molar-refractivity contribution in [3.63, 3.8) is 0 Å². The highest BCUT2D eigenvalue weighted by Gasteiger charge is 2.15. The van der Waals surface area contributed by atoms with Crippen LogP contribution >= 0.6 is 11.6 Å². The monoisotopic (exact) mass is 480 g/mol. The molecule has 0 radical (unpaired) electrons. The SMILES string of the molecule is [2H]/C(=C\CN(C([2H])([2H])[2H])C([2H])([2H])[2H])C(=O)Nc1c(OCC)c([2H])c2nc([2H])c(C#N)c(Nc3c([2H])c([2H])c(F)c(Cl)c3[2H])c2c1[2H]. The van der Waals surface area contributed by atoms with Crippen molar-refractivity contribution in [2.45, 2.75) is 6.92 Å². The Hall–Kier alpha value is -3.67. The number of ether oxygens (including phenoxy) is 1. The number of carbonyl (C=O) groups excluding carboxylic acids is 1. The normalized spacial score (nSPS) is 17.8. The highest BCUT2D eigenvalue weighted by Crippen LogP contribution is 2.36. The van der Waals surface area contributed by atoms with Gasteiger partial charge in [0, 0.05) is 44.1 Å². The molecule has 0 aliphatic rings. The fourth-order valence-corrected chi connectivity index (χ4v) is 2.65. The van der Waals surface area contributed by atoms with E-state index in [0.29, 0.717) is 6.08 Å². The maximum Gasteiger partial charge on any atom is 0.248 e. The summed E-state index contributed by atoms with van der Waals surface area (Å²) in [7, 11) is 0. The topological polar surface area (TPSA) is 90.3 Å². The van der Waals surface area contributed by atoms with Gasteiger partial charge in [0.05, 0.1) is 43.7 Å². The van der Waals surface area contributed by atoms with Crippen molar-refractivity contribution in [2.24, 2.45) is 0 Å². The zero-order chi connectivity index (χ0) is 35.0. The summed E-state index contributed by atoms with van der Waals surface area (Å²) in [6, 6.07) is -3.22. The number of anilines is 3. The highest BCUT2D eigenvalue weighted by molar-refractivity contribution is 6.31. The zero-order valence-corrected chi connectivity index (χ0v) is 17.7. The van der Waals surface area contributed by atoms with E-state index in [1.165, 1.54) is 6.92 Å². The minimum absolute atomic E-state index is 0.0951. The molecule has 3 aromatic rings. The lowest BCUT2D eigenvalue weighted by Crippen LogP contribution is -2.13. The molecule has 0 aliphatic carbocycles. The molecule has 1 aromatic heterocycles. The van der Waals surface area contributed by atoms with Gasteiger partial charge in [0.2, 0.25) is 5.91 Å². The third-order valence-corrected chi connectivity index (χ3v) is 4.11. The number of nitrogens with one attached hydrogen (secondary N) is 2. The summed E-state index contributed by atoms with van der Waals surface area (Å²) in [5.74, 6) is -3.09. The van der Waals surface area contributed by atoms with Crippen LogP contribution in [0.5, 0.6) is 5.75 Å². The van der Waals surface area contributed by atoms with Gasteiger partial charge in [0.15, 0.2) is 0 Å². The average Bonchev–Trinajstić information content (AvgIpc) is 2.95. The maximum absolute atomic E-state index is 14.3. The molecule has 0 bridgehead atoms. The molecule has 0 spiro atoms. The van der Waals surface area contributed by atoms with Crippen LogP contribution < -0.4 is 15.4 Å².